The van der Waals surface area contributed by atoms with Gasteiger partial charge >= 0.3 is 0 Å². The standard InChI is InChI=1S/C10H15.La/c1-6-7(2)9(4)10(5)8(6)3;/h1-5H3;/q-1;. The van der Waals surface area contributed by atoms with E-state index in [4.69, 9.17) is 0 Å². The molecule has 0 heterocycles. The molecular formula is C10H15La-. The minimum absolute atomic E-state index is 0. The molecule has 0 aliphatic heterocycles. The van der Waals surface area contributed by atoms with E-state index in [0.29, 0.717) is 0 Å². The van der Waals surface area contributed by atoms with Gasteiger partial charge in [0.2, 0.25) is 0 Å². The first-order chi connectivity index (χ1) is 4.55. The van der Waals surface area contributed by atoms with Crippen molar-refractivity contribution in [1.29, 1.82) is 0 Å². The Kier molecular flexibility index (Phi) is 4.17. The molecule has 0 N–H and O–H groups in total. The van der Waals surface area contributed by atoms with Crippen LogP contribution in [0.15, 0.2) is 0 Å². The van der Waals surface area contributed by atoms with Gasteiger partial charge in [0.1, 0.15) is 0 Å². The molecule has 0 unspecified atom stereocenters. The van der Waals surface area contributed by atoms with E-state index < -0.39 is 0 Å². The van der Waals surface area contributed by atoms with Crippen LogP contribution in [0.4, 0.5) is 0 Å². The molecule has 0 saturated carbocycles. The Labute approximate surface area is 97.3 Å². The zero-order valence-electron chi connectivity index (χ0n) is 8.08. The van der Waals surface area contributed by atoms with Crippen molar-refractivity contribution < 1.29 is 35.6 Å². The Balaban J connectivity index is 0.000001000. The Bertz CT molecular complexity index is 176. The fourth-order valence-corrected chi connectivity index (χ4v) is 1.41. The smallest absolute Gasteiger partial charge is 0 e. The van der Waals surface area contributed by atoms with E-state index in [0.717, 1.165) is 0 Å². The molecule has 0 nitrogen and oxygen atoms in total. The molecule has 0 saturated heterocycles. The summed E-state index contributed by atoms with van der Waals surface area (Å²) in [6.45, 7) is 11.0. The normalized spacial score (nSPS) is 9.55. The summed E-state index contributed by atoms with van der Waals surface area (Å²) < 4.78 is 0. The van der Waals surface area contributed by atoms with Crippen molar-refractivity contribution in [2.45, 2.75) is 34.6 Å². The van der Waals surface area contributed by atoms with Crippen LogP contribution < -0.4 is 0 Å². The zero-order valence-corrected chi connectivity index (χ0v) is 11.7. The summed E-state index contributed by atoms with van der Waals surface area (Å²) in [6, 6.07) is 0. The van der Waals surface area contributed by atoms with Crippen molar-refractivity contribution in [3.05, 3.63) is 27.8 Å². The van der Waals surface area contributed by atoms with E-state index >= 15 is 0 Å². The van der Waals surface area contributed by atoms with Gasteiger partial charge in [0, 0.05) is 35.6 Å². The van der Waals surface area contributed by atoms with E-state index in [9.17, 15) is 0 Å². The molecule has 0 fully saturated rings. The Morgan fingerprint density at radius 2 is 1.09 bits per heavy atom. The summed E-state index contributed by atoms with van der Waals surface area (Å²) in [5.41, 5.74) is 7.34. The second-order valence-corrected chi connectivity index (χ2v) is 3.12. The van der Waals surface area contributed by atoms with E-state index in [1.54, 1.807) is 0 Å². The molecule has 0 aromatic heterocycles. The summed E-state index contributed by atoms with van der Waals surface area (Å²) in [5, 5.41) is 0. The molecule has 0 amide bonds. The number of hydrogen-bond donors (Lipinski definition) is 0. The van der Waals surface area contributed by atoms with Crippen LogP contribution in [0.1, 0.15) is 27.8 Å². The van der Waals surface area contributed by atoms with Gasteiger partial charge in [-0.1, -0.05) is 34.6 Å². The molecule has 11 heavy (non-hydrogen) atoms. The minimum Gasteiger partial charge on any atom is -0.196 e. The van der Waals surface area contributed by atoms with Crippen molar-refractivity contribution in [2.24, 2.45) is 0 Å². The third-order valence-corrected chi connectivity index (χ3v) is 2.81. The third kappa shape index (κ3) is 1.82. The summed E-state index contributed by atoms with van der Waals surface area (Å²) in [4.78, 5) is 0. The predicted molar refractivity (Wildman–Crippen MR) is 45.7 cm³/mol. The van der Waals surface area contributed by atoms with Crippen molar-refractivity contribution in [2.75, 3.05) is 0 Å². The topological polar surface area (TPSA) is 0 Å². The van der Waals surface area contributed by atoms with Crippen molar-refractivity contribution in [1.82, 2.24) is 0 Å². The molecule has 1 aromatic carbocycles. The maximum atomic E-state index is 2.20. The second kappa shape index (κ2) is 3.98. The molecule has 1 aromatic rings. The van der Waals surface area contributed by atoms with Gasteiger partial charge in [-0.25, -0.2) is 0 Å². The maximum absolute atomic E-state index is 2.20. The largest absolute Gasteiger partial charge is 0.196 e. The average Bonchev–Trinajstić information content (AvgIpc) is 2.07. The first kappa shape index (κ1) is 11.5. The quantitative estimate of drug-likeness (QED) is 0.638. The van der Waals surface area contributed by atoms with Gasteiger partial charge in [-0.05, 0) is 0 Å². The molecular weight excluding hydrogens is 259 g/mol. The van der Waals surface area contributed by atoms with Gasteiger partial charge in [0.25, 0.3) is 0 Å². The third-order valence-electron chi connectivity index (χ3n) is 2.81. The molecule has 1 radical (unpaired) electrons. The van der Waals surface area contributed by atoms with Crippen molar-refractivity contribution in [3.63, 3.8) is 0 Å². The molecule has 1 rings (SSSR count). The summed E-state index contributed by atoms with van der Waals surface area (Å²) in [7, 11) is 0. The van der Waals surface area contributed by atoms with Crippen LogP contribution >= 0.6 is 0 Å². The van der Waals surface area contributed by atoms with E-state index in [1.165, 1.54) is 27.8 Å². The Hall–Kier alpha value is 0.545. The molecule has 0 bridgehead atoms. The van der Waals surface area contributed by atoms with Crippen molar-refractivity contribution >= 4 is 0 Å². The first-order valence-corrected chi connectivity index (χ1v) is 3.75. The molecule has 0 aliphatic carbocycles. The van der Waals surface area contributed by atoms with Gasteiger partial charge in [-0.15, -0.1) is 0 Å². The summed E-state index contributed by atoms with van der Waals surface area (Å²) in [6.07, 6.45) is 0. The molecule has 0 spiro atoms. The van der Waals surface area contributed by atoms with E-state index in [1.807, 2.05) is 0 Å². The molecule has 0 atom stereocenters. The zero-order chi connectivity index (χ0) is 7.89. The van der Waals surface area contributed by atoms with Crippen LogP contribution in [0.5, 0.6) is 0 Å². The van der Waals surface area contributed by atoms with Crippen LogP contribution in [-0.4, -0.2) is 0 Å². The Morgan fingerprint density at radius 3 is 1.18 bits per heavy atom. The number of rotatable bonds is 0. The minimum atomic E-state index is 0. The Morgan fingerprint density at radius 1 is 0.818 bits per heavy atom. The van der Waals surface area contributed by atoms with Gasteiger partial charge in [0.15, 0.2) is 0 Å². The molecule has 1 heteroatoms. The van der Waals surface area contributed by atoms with Gasteiger partial charge in [-0.3, -0.25) is 0 Å². The van der Waals surface area contributed by atoms with Crippen LogP contribution in [0, 0.1) is 70.2 Å². The van der Waals surface area contributed by atoms with Crippen LogP contribution in [-0.2, 0) is 0 Å². The summed E-state index contributed by atoms with van der Waals surface area (Å²) >= 11 is 0. The van der Waals surface area contributed by atoms with Gasteiger partial charge in [-0.2, -0.15) is 27.8 Å². The van der Waals surface area contributed by atoms with Crippen molar-refractivity contribution in [3.8, 4) is 0 Å². The predicted octanol–water partition coefficient (Wildman–Crippen LogP) is 2.95. The molecule has 0 aliphatic rings. The monoisotopic (exact) mass is 274 g/mol. The second-order valence-electron chi connectivity index (χ2n) is 3.12. The van der Waals surface area contributed by atoms with E-state index in [2.05, 4.69) is 34.6 Å². The first-order valence-electron chi connectivity index (χ1n) is 3.75. The summed E-state index contributed by atoms with van der Waals surface area (Å²) in [5.74, 6) is 0. The SMILES string of the molecule is Cc1c(C)c(C)[c-](C)c1C.[La]. The fourth-order valence-electron chi connectivity index (χ4n) is 1.41. The van der Waals surface area contributed by atoms with Gasteiger partial charge < -0.3 is 0 Å². The average molecular weight is 274 g/mol. The number of hydrogen-bond acceptors (Lipinski definition) is 0. The van der Waals surface area contributed by atoms with Crippen LogP contribution in [0.3, 0.4) is 0 Å². The van der Waals surface area contributed by atoms with Gasteiger partial charge in [0.05, 0.1) is 0 Å². The fraction of sp³-hybridized carbons (Fsp3) is 0.500. The van der Waals surface area contributed by atoms with Crippen LogP contribution in [0.2, 0.25) is 0 Å². The maximum Gasteiger partial charge on any atom is 0 e. The van der Waals surface area contributed by atoms with E-state index in [-0.39, 0.29) is 35.6 Å². The van der Waals surface area contributed by atoms with Crippen LogP contribution in [0.25, 0.3) is 0 Å². The molecule has 59 valence electrons.